The van der Waals surface area contributed by atoms with Gasteiger partial charge in [-0.25, -0.2) is 8.78 Å². The molecule has 7 heteroatoms. The molecule has 2 aliphatic heterocycles. The summed E-state index contributed by atoms with van der Waals surface area (Å²) in [5, 5.41) is 14.2. The number of alkyl halides is 2. The second-order valence-corrected chi connectivity index (χ2v) is 5.67. The zero-order valence-electron chi connectivity index (χ0n) is 11.5. The molecule has 2 aliphatic rings. The van der Waals surface area contributed by atoms with Crippen molar-refractivity contribution in [3.63, 3.8) is 0 Å². The Bertz CT molecular complexity index is 539. The maximum atomic E-state index is 13.2. The number of nitro benzene ring substituents is 1. The minimum Gasteiger partial charge on any atom is -0.369 e. The highest BCUT2D eigenvalue weighted by molar-refractivity contribution is 5.59. The Balaban J connectivity index is 1.89. The van der Waals surface area contributed by atoms with E-state index in [2.05, 4.69) is 5.32 Å². The number of halogens is 2. The van der Waals surface area contributed by atoms with Crippen LogP contribution >= 0.6 is 0 Å². The van der Waals surface area contributed by atoms with E-state index >= 15 is 0 Å². The lowest BCUT2D eigenvalue weighted by molar-refractivity contribution is -0.385. The van der Waals surface area contributed by atoms with Gasteiger partial charge in [0, 0.05) is 42.5 Å². The first-order chi connectivity index (χ1) is 10.1. The van der Waals surface area contributed by atoms with Crippen molar-refractivity contribution in [3.8, 4) is 0 Å². The van der Waals surface area contributed by atoms with E-state index in [-0.39, 0.29) is 11.3 Å². The van der Waals surface area contributed by atoms with E-state index in [4.69, 9.17) is 0 Å². The molecule has 0 amide bonds. The normalized spacial score (nSPS) is 25.2. The zero-order chi connectivity index (χ0) is 15.0. The van der Waals surface area contributed by atoms with Crippen molar-refractivity contribution in [1.29, 1.82) is 0 Å². The lowest BCUT2D eigenvalue weighted by Crippen LogP contribution is -2.40. The molecule has 2 atom stereocenters. The van der Waals surface area contributed by atoms with Crippen LogP contribution in [0.25, 0.3) is 0 Å². The molecule has 0 spiro atoms. The van der Waals surface area contributed by atoms with Gasteiger partial charge >= 0.3 is 0 Å². The maximum absolute atomic E-state index is 13.2. The van der Waals surface area contributed by atoms with Crippen LogP contribution in [-0.2, 0) is 0 Å². The van der Waals surface area contributed by atoms with Crippen LogP contribution in [0.2, 0.25) is 0 Å². The number of anilines is 1. The van der Waals surface area contributed by atoms with Crippen LogP contribution in [-0.4, -0.2) is 30.6 Å². The summed E-state index contributed by atoms with van der Waals surface area (Å²) in [5.74, 6) is 0.472. The number of rotatable bonds is 3. The Labute approximate surface area is 121 Å². The molecular weight excluding hydrogens is 280 g/mol. The monoisotopic (exact) mass is 297 g/mol. The third kappa shape index (κ3) is 2.70. The van der Waals surface area contributed by atoms with Crippen molar-refractivity contribution < 1.29 is 13.7 Å². The van der Waals surface area contributed by atoms with E-state index in [1.165, 1.54) is 12.1 Å². The largest absolute Gasteiger partial charge is 0.369 e. The summed E-state index contributed by atoms with van der Waals surface area (Å²) in [5.41, 5.74) is -0.113. The molecule has 2 unspecified atom stereocenters. The minimum atomic E-state index is -2.71. The number of benzene rings is 1. The molecule has 0 aromatic heterocycles. The van der Waals surface area contributed by atoms with E-state index in [1.54, 1.807) is 0 Å². The second kappa shape index (κ2) is 5.55. The molecule has 0 saturated carbocycles. The molecule has 0 aliphatic carbocycles. The summed E-state index contributed by atoms with van der Waals surface area (Å²) in [6.45, 7) is 2.38. The third-order valence-electron chi connectivity index (χ3n) is 4.40. The Morgan fingerprint density at radius 1 is 1.38 bits per heavy atom. The van der Waals surface area contributed by atoms with Crippen LogP contribution in [0, 0.1) is 16.0 Å². The number of nitrogens with one attached hydrogen (secondary N) is 1. The number of piperidine rings is 1. The van der Waals surface area contributed by atoms with E-state index in [0.717, 1.165) is 32.0 Å². The van der Waals surface area contributed by atoms with Crippen molar-refractivity contribution in [1.82, 2.24) is 5.32 Å². The fourth-order valence-corrected chi connectivity index (χ4v) is 3.36. The fraction of sp³-hybridized carbons (Fsp3) is 0.571. The Kier molecular flexibility index (Phi) is 3.75. The molecule has 1 N–H and O–H groups in total. The standard InChI is InChI=1S/C14H17F2N3O2/c15-14(16)11-6-10(19(20)21)3-4-13(11)18-7-9-2-1-5-17-12(9)8-18/h3-4,6,9,12,14,17H,1-2,5,7-8H2. The fourth-order valence-electron chi connectivity index (χ4n) is 3.36. The van der Waals surface area contributed by atoms with Gasteiger partial charge in [-0.1, -0.05) is 0 Å². The molecule has 0 bridgehead atoms. The first-order valence-electron chi connectivity index (χ1n) is 7.11. The second-order valence-electron chi connectivity index (χ2n) is 5.67. The third-order valence-corrected chi connectivity index (χ3v) is 4.40. The van der Waals surface area contributed by atoms with Gasteiger partial charge in [-0.05, 0) is 31.4 Å². The van der Waals surface area contributed by atoms with Gasteiger partial charge in [-0.2, -0.15) is 0 Å². The van der Waals surface area contributed by atoms with Crippen molar-refractivity contribution in [2.75, 3.05) is 24.5 Å². The van der Waals surface area contributed by atoms with E-state index in [9.17, 15) is 18.9 Å². The number of fused-ring (bicyclic) bond motifs is 1. The van der Waals surface area contributed by atoms with Gasteiger partial charge in [0.2, 0.25) is 0 Å². The summed E-state index contributed by atoms with van der Waals surface area (Å²) >= 11 is 0. The highest BCUT2D eigenvalue weighted by atomic mass is 19.3. The van der Waals surface area contributed by atoms with Crippen LogP contribution in [0.4, 0.5) is 20.2 Å². The number of hydrogen-bond acceptors (Lipinski definition) is 4. The van der Waals surface area contributed by atoms with E-state index in [0.29, 0.717) is 24.2 Å². The molecular formula is C14H17F2N3O2. The Morgan fingerprint density at radius 3 is 2.86 bits per heavy atom. The number of nitrogens with zero attached hydrogens (tertiary/aromatic N) is 2. The van der Waals surface area contributed by atoms with Crippen molar-refractivity contribution >= 4 is 11.4 Å². The van der Waals surface area contributed by atoms with Gasteiger partial charge in [0.15, 0.2) is 0 Å². The molecule has 21 heavy (non-hydrogen) atoms. The van der Waals surface area contributed by atoms with Crippen molar-refractivity contribution in [3.05, 3.63) is 33.9 Å². The average Bonchev–Trinajstić information content (AvgIpc) is 2.90. The highest BCUT2D eigenvalue weighted by Crippen LogP contribution is 2.36. The molecule has 3 rings (SSSR count). The summed E-state index contributed by atoms with van der Waals surface area (Å²) in [6, 6.07) is 4.09. The highest BCUT2D eigenvalue weighted by Gasteiger charge is 2.36. The van der Waals surface area contributed by atoms with Crippen LogP contribution in [0.1, 0.15) is 24.8 Å². The topological polar surface area (TPSA) is 58.4 Å². The maximum Gasteiger partial charge on any atom is 0.270 e. The van der Waals surface area contributed by atoms with Crippen LogP contribution < -0.4 is 10.2 Å². The van der Waals surface area contributed by atoms with Gasteiger partial charge < -0.3 is 10.2 Å². The molecule has 0 radical (unpaired) electrons. The molecule has 1 aromatic rings. The molecule has 5 nitrogen and oxygen atoms in total. The summed E-state index contributed by atoms with van der Waals surface area (Å²) < 4.78 is 26.5. The molecule has 114 valence electrons. The lowest BCUT2D eigenvalue weighted by Gasteiger charge is -2.24. The predicted molar refractivity (Wildman–Crippen MR) is 74.8 cm³/mol. The van der Waals surface area contributed by atoms with Crippen LogP contribution in [0.15, 0.2) is 18.2 Å². The van der Waals surface area contributed by atoms with Gasteiger partial charge in [0.05, 0.1) is 4.92 Å². The van der Waals surface area contributed by atoms with Gasteiger partial charge in [-0.3, -0.25) is 10.1 Å². The predicted octanol–water partition coefficient (Wildman–Crippen LogP) is 2.72. The van der Waals surface area contributed by atoms with Crippen molar-refractivity contribution in [2.45, 2.75) is 25.3 Å². The van der Waals surface area contributed by atoms with Crippen molar-refractivity contribution in [2.24, 2.45) is 5.92 Å². The molecule has 2 saturated heterocycles. The SMILES string of the molecule is O=[N+]([O-])c1ccc(N2CC3CCCNC3C2)c(C(F)F)c1. The van der Waals surface area contributed by atoms with E-state index < -0.39 is 11.3 Å². The summed E-state index contributed by atoms with van der Waals surface area (Å²) in [7, 11) is 0. The Hall–Kier alpha value is -1.76. The smallest absolute Gasteiger partial charge is 0.270 e. The van der Waals surface area contributed by atoms with Gasteiger partial charge in [0.1, 0.15) is 0 Å². The number of nitro groups is 1. The quantitative estimate of drug-likeness (QED) is 0.688. The van der Waals surface area contributed by atoms with Gasteiger partial charge in [-0.15, -0.1) is 0 Å². The minimum absolute atomic E-state index is 0.247. The molecule has 2 fully saturated rings. The number of non-ortho nitro benzene ring substituents is 1. The van der Waals surface area contributed by atoms with E-state index in [1.807, 2.05) is 4.90 Å². The first kappa shape index (κ1) is 14.2. The van der Waals surface area contributed by atoms with Crippen LogP contribution in [0.5, 0.6) is 0 Å². The zero-order valence-corrected chi connectivity index (χ0v) is 11.5. The Morgan fingerprint density at radius 2 is 2.19 bits per heavy atom. The average molecular weight is 297 g/mol. The summed E-state index contributed by atoms with van der Waals surface area (Å²) in [6.07, 6.45) is -0.502. The lowest BCUT2D eigenvalue weighted by atomic mass is 9.94. The van der Waals surface area contributed by atoms with Crippen LogP contribution in [0.3, 0.4) is 0 Å². The summed E-state index contributed by atoms with van der Waals surface area (Å²) in [4.78, 5) is 12.0. The van der Waals surface area contributed by atoms with Gasteiger partial charge in [0.25, 0.3) is 12.1 Å². The molecule has 2 heterocycles. The molecule has 1 aromatic carbocycles. The first-order valence-corrected chi connectivity index (χ1v) is 7.11. The number of hydrogen-bond donors (Lipinski definition) is 1.